The third-order valence-electron chi connectivity index (χ3n) is 4.84. The Kier molecular flexibility index (Phi) is 3.95. The van der Waals surface area contributed by atoms with Crippen molar-refractivity contribution in [2.75, 3.05) is 11.9 Å². The number of rotatable bonds is 2. The molecule has 0 aliphatic carbocycles. The summed E-state index contributed by atoms with van der Waals surface area (Å²) in [5.74, 6) is -0.0753. The number of nitrogens with one attached hydrogen (secondary N) is 1. The SMILES string of the molecule is CC(=O)Nc1cccc2c1CCN(C(=O)c1ccc3c(c1)ncn3C)C2. The van der Waals surface area contributed by atoms with E-state index in [-0.39, 0.29) is 11.8 Å². The molecule has 0 radical (unpaired) electrons. The van der Waals surface area contributed by atoms with Crippen molar-refractivity contribution in [2.24, 2.45) is 7.05 Å². The molecule has 1 aliphatic heterocycles. The molecular formula is C20H20N4O2. The maximum atomic E-state index is 12.9. The maximum Gasteiger partial charge on any atom is 0.254 e. The molecule has 2 amide bonds. The quantitative estimate of drug-likeness (QED) is 0.774. The molecular weight excluding hydrogens is 328 g/mol. The van der Waals surface area contributed by atoms with Gasteiger partial charge in [0.15, 0.2) is 0 Å². The normalized spacial score (nSPS) is 13.5. The molecule has 0 saturated carbocycles. The summed E-state index contributed by atoms with van der Waals surface area (Å²) in [5, 5.41) is 2.88. The summed E-state index contributed by atoms with van der Waals surface area (Å²) in [6, 6.07) is 11.5. The minimum atomic E-state index is -0.0828. The zero-order valence-electron chi connectivity index (χ0n) is 14.8. The van der Waals surface area contributed by atoms with Crippen LogP contribution in [0.4, 0.5) is 5.69 Å². The fraction of sp³-hybridized carbons (Fsp3) is 0.250. The van der Waals surface area contributed by atoms with Crippen LogP contribution in [-0.2, 0) is 24.8 Å². The first kappa shape index (κ1) is 16.3. The van der Waals surface area contributed by atoms with Gasteiger partial charge in [-0.1, -0.05) is 12.1 Å². The van der Waals surface area contributed by atoms with Gasteiger partial charge >= 0.3 is 0 Å². The van der Waals surface area contributed by atoms with Gasteiger partial charge in [0.25, 0.3) is 5.91 Å². The van der Waals surface area contributed by atoms with E-state index in [1.54, 1.807) is 6.33 Å². The van der Waals surface area contributed by atoms with E-state index in [9.17, 15) is 9.59 Å². The highest BCUT2D eigenvalue weighted by atomic mass is 16.2. The summed E-state index contributed by atoms with van der Waals surface area (Å²) in [5.41, 5.74) is 5.52. The van der Waals surface area contributed by atoms with Gasteiger partial charge in [0.2, 0.25) is 5.91 Å². The Labute approximate surface area is 151 Å². The first-order chi connectivity index (χ1) is 12.5. The van der Waals surface area contributed by atoms with E-state index in [0.717, 1.165) is 34.3 Å². The van der Waals surface area contributed by atoms with Crippen LogP contribution >= 0.6 is 0 Å². The summed E-state index contributed by atoms with van der Waals surface area (Å²) >= 11 is 0. The molecule has 0 bridgehead atoms. The average molecular weight is 348 g/mol. The minimum Gasteiger partial charge on any atom is -0.334 e. The molecule has 132 valence electrons. The minimum absolute atomic E-state index is 0.00753. The predicted molar refractivity (Wildman–Crippen MR) is 99.9 cm³/mol. The van der Waals surface area contributed by atoms with Crippen LogP contribution in [0.25, 0.3) is 11.0 Å². The molecule has 1 N–H and O–H groups in total. The van der Waals surface area contributed by atoms with Crippen molar-refractivity contribution < 1.29 is 9.59 Å². The van der Waals surface area contributed by atoms with Crippen molar-refractivity contribution in [2.45, 2.75) is 19.9 Å². The van der Waals surface area contributed by atoms with Gasteiger partial charge < -0.3 is 14.8 Å². The Morgan fingerprint density at radius 2 is 2.04 bits per heavy atom. The molecule has 6 nitrogen and oxygen atoms in total. The van der Waals surface area contributed by atoms with E-state index in [0.29, 0.717) is 18.7 Å². The highest BCUT2D eigenvalue weighted by molar-refractivity contribution is 5.97. The standard InChI is InChI=1S/C20H20N4O2/c1-13(25)22-17-5-3-4-15-11-24(9-8-16(15)17)20(26)14-6-7-19-18(10-14)21-12-23(19)2/h3-7,10,12H,8-9,11H2,1-2H3,(H,22,25). The van der Waals surface area contributed by atoms with Gasteiger partial charge in [-0.25, -0.2) is 4.98 Å². The Morgan fingerprint density at radius 1 is 1.19 bits per heavy atom. The lowest BCUT2D eigenvalue weighted by atomic mass is 9.97. The number of aryl methyl sites for hydroxylation is 1. The Bertz CT molecular complexity index is 1020. The van der Waals surface area contributed by atoms with E-state index in [1.165, 1.54) is 6.92 Å². The maximum absolute atomic E-state index is 12.9. The fourth-order valence-electron chi connectivity index (χ4n) is 3.54. The highest BCUT2D eigenvalue weighted by Crippen LogP contribution is 2.27. The number of carbonyl (C=O) groups excluding carboxylic acids is 2. The first-order valence-corrected chi connectivity index (χ1v) is 8.61. The third-order valence-corrected chi connectivity index (χ3v) is 4.84. The predicted octanol–water partition coefficient (Wildman–Crippen LogP) is 2.73. The van der Waals surface area contributed by atoms with Gasteiger partial charge in [-0.15, -0.1) is 0 Å². The summed E-state index contributed by atoms with van der Waals surface area (Å²) in [6.07, 6.45) is 2.48. The number of amides is 2. The van der Waals surface area contributed by atoms with Crippen LogP contribution in [-0.4, -0.2) is 32.8 Å². The lowest BCUT2D eigenvalue weighted by Crippen LogP contribution is -2.36. The molecule has 2 aromatic carbocycles. The second-order valence-electron chi connectivity index (χ2n) is 6.66. The van der Waals surface area contributed by atoms with Crippen molar-refractivity contribution >= 4 is 28.5 Å². The van der Waals surface area contributed by atoms with Gasteiger partial charge in [0.05, 0.1) is 17.4 Å². The van der Waals surface area contributed by atoms with Crippen LogP contribution in [0.15, 0.2) is 42.7 Å². The highest BCUT2D eigenvalue weighted by Gasteiger charge is 2.24. The van der Waals surface area contributed by atoms with Crippen molar-refractivity contribution in [3.8, 4) is 0 Å². The van der Waals surface area contributed by atoms with E-state index < -0.39 is 0 Å². The Morgan fingerprint density at radius 3 is 2.85 bits per heavy atom. The van der Waals surface area contributed by atoms with E-state index in [1.807, 2.05) is 52.9 Å². The molecule has 6 heteroatoms. The number of benzene rings is 2. The Balaban J connectivity index is 1.59. The molecule has 26 heavy (non-hydrogen) atoms. The van der Waals surface area contributed by atoms with Crippen LogP contribution in [0.3, 0.4) is 0 Å². The largest absolute Gasteiger partial charge is 0.334 e. The zero-order valence-corrected chi connectivity index (χ0v) is 14.8. The molecule has 0 fully saturated rings. The lowest BCUT2D eigenvalue weighted by Gasteiger charge is -2.30. The monoisotopic (exact) mass is 348 g/mol. The van der Waals surface area contributed by atoms with Crippen LogP contribution in [0.5, 0.6) is 0 Å². The Hall–Kier alpha value is -3.15. The molecule has 1 aliphatic rings. The van der Waals surface area contributed by atoms with Gasteiger partial charge in [-0.2, -0.15) is 0 Å². The van der Waals surface area contributed by atoms with Crippen molar-refractivity contribution in [3.05, 3.63) is 59.4 Å². The molecule has 0 unspecified atom stereocenters. The average Bonchev–Trinajstić information content (AvgIpc) is 3.01. The molecule has 0 atom stereocenters. The van der Waals surface area contributed by atoms with Gasteiger partial charge in [0.1, 0.15) is 0 Å². The van der Waals surface area contributed by atoms with Crippen LogP contribution in [0.2, 0.25) is 0 Å². The van der Waals surface area contributed by atoms with Crippen LogP contribution in [0.1, 0.15) is 28.4 Å². The summed E-state index contributed by atoms with van der Waals surface area (Å²) < 4.78 is 1.93. The summed E-state index contributed by atoms with van der Waals surface area (Å²) in [6.45, 7) is 2.68. The summed E-state index contributed by atoms with van der Waals surface area (Å²) in [7, 11) is 1.94. The molecule has 4 rings (SSSR count). The van der Waals surface area contributed by atoms with E-state index in [4.69, 9.17) is 0 Å². The van der Waals surface area contributed by atoms with E-state index >= 15 is 0 Å². The topological polar surface area (TPSA) is 67.2 Å². The third kappa shape index (κ3) is 2.83. The number of hydrogen-bond acceptors (Lipinski definition) is 3. The number of anilines is 1. The second kappa shape index (κ2) is 6.29. The number of fused-ring (bicyclic) bond motifs is 2. The molecule has 0 spiro atoms. The zero-order chi connectivity index (χ0) is 18.3. The van der Waals surface area contributed by atoms with Gasteiger partial charge in [0, 0.05) is 38.3 Å². The fourth-order valence-corrected chi connectivity index (χ4v) is 3.54. The van der Waals surface area contributed by atoms with Crippen LogP contribution < -0.4 is 5.32 Å². The van der Waals surface area contributed by atoms with Crippen LogP contribution in [0, 0.1) is 0 Å². The first-order valence-electron chi connectivity index (χ1n) is 8.61. The molecule has 2 heterocycles. The number of nitrogens with zero attached hydrogens (tertiary/aromatic N) is 3. The molecule has 0 saturated heterocycles. The van der Waals surface area contributed by atoms with Crippen molar-refractivity contribution in [1.29, 1.82) is 0 Å². The van der Waals surface area contributed by atoms with Crippen molar-refractivity contribution in [1.82, 2.24) is 14.5 Å². The smallest absolute Gasteiger partial charge is 0.254 e. The number of carbonyl (C=O) groups is 2. The van der Waals surface area contributed by atoms with Gasteiger partial charge in [-0.05, 0) is 41.8 Å². The van der Waals surface area contributed by atoms with Gasteiger partial charge in [-0.3, -0.25) is 9.59 Å². The number of aromatic nitrogens is 2. The second-order valence-corrected chi connectivity index (χ2v) is 6.66. The number of imidazole rings is 1. The number of hydrogen-bond donors (Lipinski definition) is 1. The lowest BCUT2D eigenvalue weighted by molar-refractivity contribution is -0.114. The molecule has 1 aromatic heterocycles. The van der Waals surface area contributed by atoms with Crippen molar-refractivity contribution in [3.63, 3.8) is 0 Å². The summed E-state index contributed by atoms with van der Waals surface area (Å²) in [4.78, 5) is 30.5. The molecule has 3 aromatic rings. The van der Waals surface area contributed by atoms with E-state index in [2.05, 4.69) is 10.3 Å².